The van der Waals surface area contributed by atoms with Crippen LogP contribution in [0.5, 0.6) is 0 Å². The Hall–Kier alpha value is -1.08. The number of nitriles is 1. The van der Waals surface area contributed by atoms with Gasteiger partial charge in [-0.2, -0.15) is 5.26 Å². The normalized spacial score (nSPS) is 13.9. The van der Waals surface area contributed by atoms with Crippen molar-refractivity contribution in [3.63, 3.8) is 0 Å². The van der Waals surface area contributed by atoms with E-state index in [9.17, 15) is 4.79 Å². The summed E-state index contributed by atoms with van der Waals surface area (Å²) in [5, 5.41) is 8.67. The molecule has 0 fully saturated rings. The maximum Gasteiger partial charge on any atom is 0.225 e. The summed E-state index contributed by atoms with van der Waals surface area (Å²) in [5.41, 5.74) is 5.71. The second kappa shape index (κ2) is 9.80. The zero-order chi connectivity index (χ0) is 14.8. The first-order valence-corrected chi connectivity index (χ1v) is 7.29. The third-order valence-electron chi connectivity index (χ3n) is 3.11. The number of rotatable bonds is 9. The molecule has 0 heterocycles. The first-order chi connectivity index (χ1) is 8.88. The minimum atomic E-state index is 0.0243. The predicted octanol–water partition coefficient (Wildman–Crippen LogP) is 2.54. The van der Waals surface area contributed by atoms with E-state index in [2.05, 4.69) is 19.9 Å². The second-order valence-electron chi connectivity index (χ2n) is 5.90. The Kier molecular flexibility index (Phi) is 9.24. The van der Waals surface area contributed by atoms with Crippen molar-refractivity contribution in [2.45, 2.75) is 59.4 Å². The summed E-state index contributed by atoms with van der Waals surface area (Å²) in [6, 6.07) is 2.31. The highest BCUT2D eigenvalue weighted by molar-refractivity contribution is 5.78. The molecular formula is C15H29N3O. The van der Waals surface area contributed by atoms with Crippen LogP contribution < -0.4 is 5.73 Å². The van der Waals surface area contributed by atoms with E-state index in [-0.39, 0.29) is 17.9 Å². The van der Waals surface area contributed by atoms with Crippen LogP contribution in [0.3, 0.4) is 0 Å². The molecule has 0 aliphatic carbocycles. The Morgan fingerprint density at radius 3 is 2.37 bits per heavy atom. The van der Waals surface area contributed by atoms with E-state index in [4.69, 9.17) is 11.0 Å². The van der Waals surface area contributed by atoms with Crippen LogP contribution in [0.15, 0.2) is 0 Å². The molecule has 0 spiro atoms. The van der Waals surface area contributed by atoms with Crippen LogP contribution in [0.25, 0.3) is 0 Å². The van der Waals surface area contributed by atoms with E-state index in [0.717, 1.165) is 25.8 Å². The Morgan fingerprint density at radius 2 is 1.89 bits per heavy atom. The van der Waals surface area contributed by atoms with Gasteiger partial charge in [0.05, 0.1) is 12.5 Å². The number of nitrogens with zero attached hydrogens (tertiary/aromatic N) is 2. The van der Waals surface area contributed by atoms with Crippen LogP contribution in [-0.4, -0.2) is 29.9 Å². The largest absolute Gasteiger partial charge is 0.341 e. The van der Waals surface area contributed by atoms with Crippen LogP contribution in [0.2, 0.25) is 0 Å². The van der Waals surface area contributed by atoms with Gasteiger partial charge in [-0.3, -0.25) is 4.79 Å². The third-order valence-corrected chi connectivity index (χ3v) is 3.11. The molecule has 0 radical (unpaired) electrons. The smallest absolute Gasteiger partial charge is 0.225 e. The molecule has 2 N–H and O–H groups in total. The minimum absolute atomic E-state index is 0.0243. The number of nitrogens with two attached hydrogens (primary N) is 1. The molecule has 0 aliphatic heterocycles. The van der Waals surface area contributed by atoms with Gasteiger partial charge in [-0.25, -0.2) is 0 Å². The molecule has 0 bridgehead atoms. The van der Waals surface area contributed by atoms with Gasteiger partial charge in [0.25, 0.3) is 0 Å². The molecule has 0 aromatic carbocycles. The number of hydrogen-bond donors (Lipinski definition) is 1. The van der Waals surface area contributed by atoms with Gasteiger partial charge in [0.15, 0.2) is 0 Å². The number of carbonyl (C=O) groups excluding carboxylic acids is 1. The molecule has 0 aromatic rings. The van der Waals surface area contributed by atoms with E-state index >= 15 is 0 Å². The minimum Gasteiger partial charge on any atom is -0.341 e. The molecule has 0 saturated carbocycles. The molecule has 0 rings (SSSR count). The molecule has 110 valence electrons. The van der Waals surface area contributed by atoms with Gasteiger partial charge in [-0.05, 0) is 25.7 Å². The van der Waals surface area contributed by atoms with Crippen LogP contribution in [0, 0.1) is 23.2 Å². The van der Waals surface area contributed by atoms with Gasteiger partial charge >= 0.3 is 0 Å². The molecule has 2 unspecified atom stereocenters. The molecule has 4 nitrogen and oxygen atoms in total. The van der Waals surface area contributed by atoms with Crippen molar-refractivity contribution in [2.24, 2.45) is 17.6 Å². The molecule has 2 atom stereocenters. The summed E-state index contributed by atoms with van der Waals surface area (Å²) in [7, 11) is 0. The van der Waals surface area contributed by atoms with E-state index in [1.54, 1.807) is 0 Å². The fourth-order valence-corrected chi connectivity index (χ4v) is 2.10. The molecule has 4 heteroatoms. The zero-order valence-electron chi connectivity index (χ0n) is 12.9. The lowest BCUT2D eigenvalue weighted by molar-refractivity contribution is -0.135. The van der Waals surface area contributed by atoms with E-state index in [1.165, 1.54) is 0 Å². The van der Waals surface area contributed by atoms with Gasteiger partial charge in [0.2, 0.25) is 5.91 Å². The molecule has 0 saturated heterocycles. The highest BCUT2D eigenvalue weighted by Crippen LogP contribution is 2.14. The lowest BCUT2D eigenvalue weighted by atomic mass is 10.00. The maximum atomic E-state index is 12.3. The molecule has 0 aromatic heterocycles. The van der Waals surface area contributed by atoms with Crippen LogP contribution >= 0.6 is 0 Å². The summed E-state index contributed by atoms with van der Waals surface area (Å²) < 4.78 is 0. The monoisotopic (exact) mass is 267 g/mol. The Balaban J connectivity index is 4.30. The van der Waals surface area contributed by atoms with Crippen LogP contribution in [0.1, 0.15) is 53.4 Å². The third kappa shape index (κ3) is 8.61. The highest BCUT2D eigenvalue weighted by atomic mass is 16.2. The van der Waals surface area contributed by atoms with Crippen molar-refractivity contribution in [1.82, 2.24) is 4.90 Å². The summed E-state index contributed by atoms with van der Waals surface area (Å²) >= 11 is 0. The first kappa shape index (κ1) is 17.9. The summed E-state index contributed by atoms with van der Waals surface area (Å²) in [6.07, 6.45) is 3.23. The van der Waals surface area contributed by atoms with Crippen molar-refractivity contribution in [3.05, 3.63) is 0 Å². The quantitative estimate of drug-likeness (QED) is 0.698. The second-order valence-corrected chi connectivity index (χ2v) is 5.90. The van der Waals surface area contributed by atoms with Crippen molar-refractivity contribution in [2.75, 3.05) is 13.1 Å². The fraction of sp³-hybridized carbons (Fsp3) is 0.867. The fourth-order valence-electron chi connectivity index (χ4n) is 2.10. The summed E-state index contributed by atoms with van der Waals surface area (Å²) in [6.45, 7) is 9.43. The van der Waals surface area contributed by atoms with Crippen molar-refractivity contribution < 1.29 is 4.79 Å². The standard InChI is InChI=1S/C15H29N3O/c1-12(2)11-18(10-6-9-16)15(19)13(3)7-5-8-14(4)17/h12-14H,5-8,10-11,17H2,1-4H3. The van der Waals surface area contributed by atoms with Gasteiger partial charge in [0, 0.05) is 25.0 Å². The highest BCUT2D eigenvalue weighted by Gasteiger charge is 2.20. The van der Waals surface area contributed by atoms with E-state index in [1.807, 2.05) is 18.7 Å². The van der Waals surface area contributed by atoms with E-state index < -0.39 is 0 Å². The average Bonchev–Trinajstić information content (AvgIpc) is 2.32. The summed E-state index contributed by atoms with van der Waals surface area (Å²) in [4.78, 5) is 14.2. The molecule has 0 aliphatic rings. The molecular weight excluding hydrogens is 238 g/mol. The van der Waals surface area contributed by atoms with Crippen LogP contribution in [0.4, 0.5) is 0 Å². The maximum absolute atomic E-state index is 12.3. The van der Waals surface area contributed by atoms with Crippen molar-refractivity contribution in [3.8, 4) is 6.07 Å². The van der Waals surface area contributed by atoms with Gasteiger partial charge in [-0.15, -0.1) is 0 Å². The van der Waals surface area contributed by atoms with E-state index in [0.29, 0.717) is 18.9 Å². The van der Waals surface area contributed by atoms with Gasteiger partial charge in [0.1, 0.15) is 0 Å². The molecule has 1 amide bonds. The van der Waals surface area contributed by atoms with Gasteiger partial charge < -0.3 is 10.6 Å². The number of amides is 1. The van der Waals surface area contributed by atoms with Crippen molar-refractivity contribution in [1.29, 1.82) is 5.26 Å². The predicted molar refractivity (Wildman–Crippen MR) is 78.3 cm³/mol. The number of carbonyl (C=O) groups is 1. The number of hydrogen-bond acceptors (Lipinski definition) is 3. The topological polar surface area (TPSA) is 70.1 Å². The molecule has 19 heavy (non-hydrogen) atoms. The Bertz CT molecular complexity index is 294. The lowest BCUT2D eigenvalue weighted by Crippen LogP contribution is -2.38. The lowest BCUT2D eigenvalue weighted by Gasteiger charge is -2.26. The van der Waals surface area contributed by atoms with Crippen LogP contribution in [-0.2, 0) is 4.79 Å². The first-order valence-electron chi connectivity index (χ1n) is 7.29. The average molecular weight is 267 g/mol. The van der Waals surface area contributed by atoms with Gasteiger partial charge in [-0.1, -0.05) is 27.2 Å². The van der Waals surface area contributed by atoms with Crippen molar-refractivity contribution >= 4 is 5.91 Å². The SMILES string of the molecule is CC(C)CN(CCC#N)C(=O)C(C)CCCC(C)N. The Morgan fingerprint density at radius 1 is 1.26 bits per heavy atom. The summed E-state index contributed by atoms with van der Waals surface area (Å²) in [5.74, 6) is 0.628. The Labute approximate surface area is 118 Å². The zero-order valence-corrected chi connectivity index (χ0v) is 12.9.